The molecule has 0 atom stereocenters. The first-order valence-electron chi connectivity index (χ1n) is 6.26. The summed E-state index contributed by atoms with van der Waals surface area (Å²) >= 11 is 3.48. The predicted molar refractivity (Wildman–Crippen MR) is 82.8 cm³/mol. The average Bonchev–Trinajstić information content (AvgIpc) is 3.01. The van der Waals surface area contributed by atoms with E-state index in [-0.39, 0.29) is 0 Å². The van der Waals surface area contributed by atoms with E-state index in [1.54, 1.807) is 18.6 Å². The number of para-hydroxylation sites is 1. The molecule has 0 aliphatic carbocycles. The Morgan fingerprint density at radius 3 is 2.80 bits per heavy atom. The second-order valence-corrected chi connectivity index (χ2v) is 5.14. The van der Waals surface area contributed by atoms with Gasteiger partial charge in [-0.3, -0.25) is 4.98 Å². The van der Waals surface area contributed by atoms with Crippen molar-refractivity contribution in [3.8, 4) is 5.69 Å². The van der Waals surface area contributed by atoms with Crippen LogP contribution in [0.3, 0.4) is 0 Å². The summed E-state index contributed by atoms with van der Waals surface area (Å²) in [6.07, 6.45) is 7.28. The zero-order valence-electron chi connectivity index (χ0n) is 10.7. The highest BCUT2D eigenvalue weighted by Crippen LogP contribution is 2.22. The first kappa shape index (κ1) is 12.9. The van der Waals surface area contributed by atoms with Gasteiger partial charge in [0.25, 0.3) is 0 Å². The third kappa shape index (κ3) is 2.72. The van der Waals surface area contributed by atoms with Crippen LogP contribution in [-0.2, 0) is 6.54 Å². The molecule has 5 heteroatoms. The fourth-order valence-corrected chi connectivity index (χ4v) is 2.39. The topological polar surface area (TPSA) is 42.7 Å². The largest absolute Gasteiger partial charge is 0.380 e. The van der Waals surface area contributed by atoms with Crippen molar-refractivity contribution in [1.29, 1.82) is 0 Å². The number of hydrogen-bond donors (Lipinski definition) is 1. The highest BCUT2D eigenvalue weighted by atomic mass is 79.9. The lowest BCUT2D eigenvalue weighted by Gasteiger charge is -2.12. The fraction of sp³-hybridized carbons (Fsp3) is 0.0667. The summed E-state index contributed by atoms with van der Waals surface area (Å²) in [5.74, 6) is 0. The van der Waals surface area contributed by atoms with Gasteiger partial charge >= 0.3 is 0 Å². The van der Waals surface area contributed by atoms with Gasteiger partial charge in [-0.05, 0) is 39.7 Å². The van der Waals surface area contributed by atoms with E-state index in [1.165, 1.54) is 5.56 Å². The predicted octanol–water partition coefficient (Wildman–Crippen LogP) is 3.64. The number of benzene rings is 1. The third-order valence-corrected chi connectivity index (χ3v) is 3.62. The van der Waals surface area contributed by atoms with Gasteiger partial charge in [-0.15, -0.1) is 0 Å². The van der Waals surface area contributed by atoms with Gasteiger partial charge < -0.3 is 5.32 Å². The zero-order chi connectivity index (χ0) is 13.8. The van der Waals surface area contributed by atoms with E-state index in [0.717, 1.165) is 22.4 Å². The number of nitrogens with one attached hydrogen (secondary N) is 1. The van der Waals surface area contributed by atoms with Crippen molar-refractivity contribution in [3.63, 3.8) is 0 Å². The molecule has 0 saturated heterocycles. The van der Waals surface area contributed by atoms with Gasteiger partial charge in [0.2, 0.25) is 0 Å². The Bertz CT molecular complexity index is 695. The SMILES string of the molecule is Brc1cnccc1NCc1ccccc1-n1cccn1. The molecule has 0 amide bonds. The molecule has 3 aromatic rings. The van der Waals surface area contributed by atoms with Crippen molar-refractivity contribution in [1.82, 2.24) is 14.8 Å². The van der Waals surface area contributed by atoms with E-state index in [4.69, 9.17) is 0 Å². The molecule has 2 heterocycles. The Morgan fingerprint density at radius 2 is 2.00 bits per heavy atom. The lowest BCUT2D eigenvalue weighted by molar-refractivity contribution is 0.864. The van der Waals surface area contributed by atoms with Gasteiger partial charge in [0.05, 0.1) is 15.8 Å². The van der Waals surface area contributed by atoms with Crippen molar-refractivity contribution in [2.24, 2.45) is 0 Å². The maximum absolute atomic E-state index is 4.29. The highest BCUT2D eigenvalue weighted by molar-refractivity contribution is 9.10. The monoisotopic (exact) mass is 328 g/mol. The molecule has 0 fully saturated rings. The van der Waals surface area contributed by atoms with E-state index in [0.29, 0.717) is 0 Å². The van der Waals surface area contributed by atoms with Gasteiger partial charge in [-0.2, -0.15) is 5.10 Å². The van der Waals surface area contributed by atoms with Crippen molar-refractivity contribution in [3.05, 3.63) is 71.2 Å². The first-order valence-corrected chi connectivity index (χ1v) is 7.05. The number of aromatic nitrogens is 3. The smallest absolute Gasteiger partial charge is 0.0695 e. The van der Waals surface area contributed by atoms with Gasteiger partial charge in [0.15, 0.2) is 0 Å². The van der Waals surface area contributed by atoms with Crippen LogP contribution in [0.2, 0.25) is 0 Å². The van der Waals surface area contributed by atoms with Crippen LogP contribution < -0.4 is 5.32 Å². The van der Waals surface area contributed by atoms with Crippen LogP contribution in [0.25, 0.3) is 5.69 Å². The summed E-state index contributed by atoms with van der Waals surface area (Å²) in [5.41, 5.74) is 3.28. The molecule has 0 aliphatic rings. The Kier molecular flexibility index (Phi) is 3.78. The average molecular weight is 329 g/mol. The summed E-state index contributed by atoms with van der Waals surface area (Å²) < 4.78 is 2.83. The number of anilines is 1. The minimum atomic E-state index is 0.721. The van der Waals surface area contributed by atoms with Crippen LogP contribution in [-0.4, -0.2) is 14.8 Å². The highest BCUT2D eigenvalue weighted by Gasteiger charge is 2.05. The van der Waals surface area contributed by atoms with E-state index < -0.39 is 0 Å². The standard InChI is InChI=1S/C15H13BrN4/c16-13-11-17-8-6-14(13)18-10-12-4-1-2-5-15(12)20-9-3-7-19-20/h1-9,11H,10H2,(H,17,18). The molecule has 3 rings (SSSR count). The molecule has 0 radical (unpaired) electrons. The Balaban J connectivity index is 1.84. The molecule has 2 aromatic heterocycles. The number of pyridine rings is 1. The second-order valence-electron chi connectivity index (χ2n) is 4.29. The molecule has 100 valence electrons. The fourth-order valence-electron chi connectivity index (χ4n) is 2.00. The Morgan fingerprint density at radius 1 is 1.10 bits per heavy atom. The normalized spacial score (nSPS) is 10.4. The molecule has 0 bridgehead atoms. The summed E-state index contributed by atoms with van der Waals surface area (Å²) in [6.45, 7) is 0.721. The van der Waals surface area contributed by atoms with Gasteiger partial charge in [0, 0.05) is 31.3 Å². The quantitative estimate of drug-likeness (QED) is 0.795. The van der Waals surface area contributed by atoms with Crippen molar-refractivity contribution >= 4 is 21.6 Å². The van der Waals surface area contributed by atoms with E-state index in [9.17, 15) is 0 Å². The number of nitrogens with zero attached hydrogens (tertiary/aromatic N) is 3. The number of hydrogen-bond acceptors (Lipinski definition) is 3. The zero-order valence-corrected chi connectivity index (χ0v) is 12.3. The van der Waals surface area contributed by atoms with Crippen molar-refractivity contribution in [2.45, 2.75) is 6.54 Å². The second kappa shape index (κ2) is 5.88. The molecule has 0 aliphatic heterocycles. The van der Waals surface area contributed by atoms with Crippen molar-refractivity contribution in [2.75, 3.05) is 5.32 Å². The molecule has 4 nitrogen and oxygen atoms in total. The van der Waals surface area contributed by atoms with Crippen molar-refractivity contribution < 1.29 is 0 Å². The molecule has 0 spiro atoms. The lowest BCUT2D eigenvalue weighted by atomic mass is 10.1. The number of rotatable bonds is 4. The molecular weight excluding hydrogens is 316 g/mol. The van der Waals surface area contributed by atoms with Crippen LogP contribution in [0.4, 0.5) is 5.69 Å². The minimum Gasteiger partial charge on any atom is -0.380 e. The van der Waals surface area contributed by atoms with E-state index in [2.05, 4.69) is 43.5 Å². The summed E-state index contributed by atoms with van der Waals surface area (Å²) in [5, 5.41) is 7.69. The molecule has 1 aromatic carbocycles. The Hall–Kier alpha value is -2.14. The van der Waals surface area contributed by atoms with Crippen LogP contribution >= 0.6 is 15.9 Å². The summed E-state index contributed by atoms with van der Waals surface area (Å²) in [7, 11) is 0. The maximum atomic E-state index is 4.29. The Labute approximate surface area is 125 Å². The van der Waals surface area contributed by atoms with Gasteiger partial charge in [-0.1, -0.05) is 18.2 Å². The van der Waals surface area contributed by atoms with Crippen LogP contribution in [0.5, 0.6) is 0 Å². The minimum absolute atomic E-state index is 0.721. The van der Waals surface area contributed by atoms with E-state index in [1.807, 2.05) is 35.1 Å². The summed E-state index contributed by atoms with van der Waals surface area (Å²) in [4.78, 5) is 4.06. The first-order chi connectivity index (χ1) is 9.84. The summed E-state index contributed by atoms with van der Waals surface area (Å²) in [6, 6.07) is 12.1. The van der Waals surface area contributed by atoms with Gasteiger partial charge in [-0.25, -0.2) is 4.68 Å². The van der Waals surface area contributed by atoms with Crippen LogP contribution in [0.15, 0.2) is 65.7 Å². The molecule has 0 unspecified atom stereocenters. The molecular formula is C15H13BrN4. The van der Waals surface area contributed by atoms with E-state index >= 15 is 0 Å². The molecule has 1 N–H and O–H groups in total. The van der Waals surface area contributed by atoms with Crippen LogP contribution in [0, 0.1) is 0 Å². The van der Waals surface area contributed by atoms with Crippen LogP contribution in [0.1, 0.15) is 5.56 Å². The molecule has 20 heavy (non-hydrogen) atoms. The maximum Gasteiger partial charge on any atom is 0.0695 e. The lowest BCUT2D eigenvalue weighted by Crippen LogP contribution is -2.05. The number of halogens is 1. The third-order valence-electron chi connectivity index (χ3n) is 2.98. The molecule has 0 saturated carbocycles. The van der Waals surface area contributed by atoms with Gasteiger partial charge in [0.1, 0.15) is 0 Å².